The second kappa shape index (κ2) is 9.03. The van der Waals surface area contributed by atoms with Gasteiger partial charge in [0.25, 0.3) is 0 Å². The van der Waals surface area contributed by atoms with Crippen molar-refractivity contribution in [3.8, 4) is 0 Å². The predicted octanol–water partition coefficient (Wildman–Crippen LogP) is 2.34. The van der Waals surface area contributed by atoms with Crippen LogP contribution in [-0.2, 0) is 16.0 Å². The Morgan fingerprint density at radius 1 is 1.19 bits per heavy atom. The SMILES string of the molecule is CCCc1ccc(C2CN(C(=O)N3CCCCNC(=O)COC3)C2)cc1. The highest BCUT2D eigenvalue weighted by atomic mass is 16.5. The number of nitrogens with zero attached hydrogens (tertiary/aromatic N) is 2. The standard InChI is InChI=1S/C20H29N3O3/c1-2-5-16-6-8-17(9-7-16)18-12-23(13-18)20(25)22-11-4-3-10-21-19(24)14-26-15-22/h6-9,18H,2-5,10-15H2,1H3,(H,21,24). The Hall–Kier alpha value is -2.08. The zero-order valence-electron chi connectivity index (χ0n) is 15.6. The number of aryl methyl sites for hydroxylation is 1. The third-order valence-corrected chi connectivity index (χ3v) is 5.07. The lowest BCUT2D eigenvalue weighted by atomic mass is 9.91. The van der Waals surface area contributed by atoms with Crippen molar-refractivity contribution in [1.29, 1.82) is 0 Å². The molecule has 1 N–H and O–H groups in total. The lowest BCUT2D eigenvalue weighted by Gasteiger charge is -2.42. The van der Waals surface area contributed by atoms with Gasteiger partial charge in [0.15, 0.2) is 0 Å². The van der Waals surface area contributed by atoms with Crippen LogP contribution in [0.5, 0.6) is 0 Å². The summed E-state index contributed by atoms with van der Waals surface area (Å²) in [6.45, 7) is 5.20. The lowest BCUT2D eigenvalue weighted by molar-refractivity contribution is -0.127. The van der Waals surface area contributed by atoms with Crippen molar-refractivity contribution in [3.63, 3.8) is 0 Å². The van der Waals surface area contributed by atoms with Crippen molar-refractivity contribution in [3.05, 3.63) is 35.4 Å². The van der Waals surface area contributed by atoms with E-state index in [2.05, 4.69) is 36.5 Å². The number of carbonyl (C=O) groups is 2. The Morgan fingerprint density at radius 3 is 2.69 bits per heavy atom. The Morgan fingerprint density at radius 2 is 1.96 bits per heavy atom. The minimum atomic E-state index is -0.116. The number of rotatable bonds is 3. The van der Waals surface area contributed by atoms with E-state index < -0.39 is 0 Å². The largest absolute Gasteiger partial charge is 0.354 e. The van der Waals surface area contributed by atoms with Gasteiger partial charge in [-0.05, 0) is 30.4 Å². The topological polar surface area (TPSA) is 61.9 Å². The third kappa shape index (κ3) is 4.75. The molecule has 0 radical (unpaired) electrons. The van der Waals surface area contributed by atoms with Crippen molar-refractivity contribution in [2.75, 3.05) is 39.5 Å². The summed E-state index contributed by atoms with van der Waals surface area (Å²) in [7, 11) is 0. The molecule has 0 spiro atoms. The molecular formula is C20H29N3O3. The molecule has 0 aliphatic carbocycles. The van der Waals surface area contributed by atoms with Crippen LogP contribution in [0.25, 0.3) is 0 Å². The first-order chi connectivity index (χ1) is 12.7. The Labute approximate surface area is 155 Å². The molecule has 2 fully saturated rings. The van der Waals surface area contributed by atoms with E-state index in [0.29, 0.717) is 19.0 Å². The minimum Gasteiger partial charge on any atom is -0.354 e. The number of nitrogens with one attached hydrogen (secondary N) is 1. The van der Waals surface area contributed by atoms with Gasteiger partial charge in [0.1, 0.15) is 13.3 Å². The molecule has 2 saturated heterocycles. The van der Waals surface area contributed by atoms with Gasteiger partial charge in [-0.25, -0.2) is 4.79 Å². The third-order valence-electron chi connectivity index (χ3n) is 5.07. The maximum Gasteiger partial charge on any atom is 0.321 e. The minimum absolute atomic E-state index is 0.0104. The first-order valence-electron chi connectivity index (χ1n) is 9.64. The molecule has 2 aliphatic heterocycles. The lowest BCUT2D eigenvalue weighted by Crippen LogP contribution is -2.54. The molecule has 0 aromatic heterocycles. The number of carbonyl (C=O) groups excluding carboxylic acids is 2. The monoisotopic (exact) mass is 359 g/mol. The van der Waals surface area contributed by atoms with Crippen LogP contribution in [0, 0.1) is 0 Å². The molecule has 26 heavy (non-hydrogen) atoms. The number of ether oxygens (including phenoxy) is 1. The van der Waals surface area contributed by atoms with Crippen molar-refractivity contribution in [2.45, 2.75) is 38.5 Å². The van der Waals surface area contributed by atoms with Gasteiger partial charge in [-0.2, -0.15) is 0 Å². The summed E-state index contributed by atoms with van der Waals surface area (Å²) in [5.41, 5.74) is 2.68. The fourth-order valence-electron chi connectivity index (χ4n) is 3.46. The average Bonchev–Trinajstić information content (AvgIpc) is 2.60. The van der Waals surface area contributed by atoms with E-state index in [-0.39, 0.29) is 25.3 Å². The summed E-state index contributed by atoms with van der Waals surface area (Å²) in [6, 6.07) is 8.82. The van der Waals surface area contributed by atoms with Crippen molar-refractivity contribution < 1.29 is 14.3 Å². The zero-order valence-corrected chi connectivity index (χ0v) is 15.6. The highest BCUT2D eigenvalue weighted by molar-refractivity contribution is 5.77. The Balaban J connectivity index is 1.50. The van der Waals surface area contributed by atoms with Crippen LogP contribution in [-0.4, -0.2) is 61.3 Å². The van der Waals surface area contributed by atoms with E-state index in [4.69, 9.17) is 4.74 Å². The van der Waals surface area contributed by atoms with Gasteiger partial charge in [0.2, 0.25) is 5.91 Å². The smallest absolute Gasteiger partial charge is 0.321 e. The van der Waals surface area contributed by atoms with Crippen LogP contribution >= 0.6 is 0 Å². The summed E-state index contributed by atoms with van der Waals surface area (Å²) in [6.07, 6.45) is 4.01. The van der Waals surface area contributed by atoms with E-state index in [1.54, 1.807) is 4.90 Å². The van der Waals surface area contributed by atoms with Gasteiger partial charge in [0.05, 0.1) is 0 Å². The van der Waals surface area contributed by atoms with Crippen molar-refractivity contribution in [1.82, 2.24) is 15.1 Å². The van der Waals surface area contributed by atoms with Gasteiger partial charge in [0, 0.05) is 32.1 Å². The second-order valence-electron chi connectivity index (χ2n) is 7.17. The molecule has 1 aromatic rings. The first-order valence-corrected chi connectivity index (χ1v) is 9.64. The summed E-state index contributed by atoms with van der Waals surface area (Å²) >= 11 is 0. The number of likely N-dealkylation sites (tertiary alicyclic amines) is 1. The van der Waals surface area contributed by atoms with Gasteiger partial charge >= 0.3 is 6.03 Å². The molecule has 142 valence electrons. The fraction of sp³-hybridized carbons (Fsp3) is 0.600. The van der Waals surface area contributed by atoms with Gasteiger partial charge < -0.3 is 19.9 Å². The van der Waals surface area contributed by atoms with Crippen LogP contribution in [0.1, 0.15) is 43.2 Å². The van der Waals surface area contributed by atoms with Gasteiger partial charge in [-0.3, -0.25) is 4.79 Å². The summed E-state index contributed by atoms with van der Waals surface area (Å²) in [4.78, 5) is 27.8. The van der Waals surface area contributed by atoms with Crippen LogP contribution < -0.4 is 5.32 Å². The zero-order chi connectivity index (χ0) is 18.4. The van der Waals surface area contributed by atoms with Gasteiger partial charge in [-0.1, -0.05) is 37.6 Å². The van der Waals surface area contributed by atoms with Crippen LogP contribution in [0.2, 0.25) is 0 Å². The summed E-state index contributed by atoms with van der Waals surface area (Å²) in [5.74, 6) is 0.303. The maximum absolute atomic E-state index is 12.7. The number of hydrogen-bond donors (Lipinski definition) is 1. The molecular weight excluding hydrogens is 330 g/mol. The molecule has 3 amide bonds. The van der Waals surface area contributed by atoms with E-state index in [0.717, 1.165) is 38.8 Å². The summed E-state index contributed by atoms with van der Waals surface area (Å²) < 4.78 is 5.39. The molecule has 2 aliphatic rings. The molecule has 0 unspecified atom stereocenters. The molecule has 2 heterocycles. The normalized spacial score (nSPS) is 19.7. The molecule has 0 saturated carbocycles. The number of urea groups is 1. The first kappa shape index (κ1) is 18.7. The van der Waals surface area contributed by atoms with Crippen LogP contribution in [0.4, 0.5) is 4.79 Å². The highest BCUT2D eigenvalue weighted by Crippen LogP contribution is 2.28. The van der Waals surface area contributed by atoms with Crippen LogP contribution in [0.3, 0.4) is 0 Å². The summed E-state index contributed by atoms with van der Waals surface area (Å²) in [5, 5.41) is 2.80. The van der Waals surface area contributed by atoms with E-state index in [9.17, 15) is 9.59 Å². The fourth-order valence-corrected chi connectivity index (χ4v) is 3.46. The van der Waals surface area contributed by atoms with Crippen LogP contribution in [0.15, 0.2) is 24.3 Å². The van der Waals surface area contributed by atoms with E-state index >= 15 is 0 Å². The molecule has 0 bridgehead atoms. The molecule has 1 aromatic carbocycles. The van der Waals surface area contributed by atoms with Crippen molar-refractivity contribution in [2.24, 2.45) is 0 Å². The molecule has 0 atom stereocenters. The van der Waals surface area contributed by atoms with Crippen molar-refractivity contribution >= 4 is 11.9 Å². The Kier molecular flexibility index (Phi) is 6.50. The Bertz CT molecular complexity index is 611. The molecule has 6 nitrogen and oxygen atoms in total. The number of hydrogen-bond acceptors (Lipinski definition) is 3. The van der Waals surface area contributed by atoms with E-state index in [1.807, 2.05) is 4.90 Å². The number of amides is 3. The maximum atomic E-state index is 12.7. The molecule has 3 rings (SSSR count). The molecule has 6 heteroatoms. The number of benzene rings is 1. The average molecular weight is 359 g/mol. The predicted molar refractivity (Wildman–Crippen MR) is 99.9 cm³/mol. The quantitative estimate of drug-likeness (QED) is 0.901. The van der Waals surface area contributed by atoms with Gasteiger partial charge in [-0.15, -0.1) is 0 Å². The highest BCUT2D eigenvalue weighted by Gasteiger charge is 2.34. The van der Waals surface area contributed by atoms with E-state index in [1.165, 1.54) is 11.1 Å². The second-order valence-corrected chi connectivity index (χ2v) is 7.17.